The molecule has 1 saturated heterocycles. The number of carbonyl (C=O) groups excluding carboxylic acids is 1. The molecule has 2 aliphatic rings. The van der Waals surface area contributed by atoms with Crippen LogP contribution in [0.3, 0.4) is 0 Å². The molecule has 0 aliphatic carbocycles. The summed E-state index contributed by atoms with van der Waals surface area (Å²) in [5, 5.41) is 25.2. The molecule has 190 valence electrons. The minimum atomic E-state index is -0.426. The molecule has 0 spiro atoms. The van der Waals surface area contributed by atoms with Crippen LogP contribution in [0.25, 0.3) is 0 Å². The van der Waals surface area contributed by atoms with E-state index in [0.717, 1.165) is 16.9 Å². The summed E-state index contributed by atoms with van der Waals surface area (Å²) in [7, 11) is 1.84. The maximum atomic E-state index is 13.9. The number of nitro groups is 1. The molecule has 0 saturated carbocycles. The lowest BCUT2D eigenvalue weighted by atomic mass is 10.2. The zero-order valence-corrected chi connectivity index (χ0v) is 22.2. The van der Waals surface area contributed by atoms with Crippen molar-refractivity contribution in [1.82, 2.24) is 4.90 Å². The molecule has 2 heterocycles. The first-order chi connectivity index (χ1) is 18.4. The number of thioether (sulfide) groups is 2. The highest BCUT2D eigenvalue weighted by Crippen LogP contribution is 2.51. The molecule has 0 aromatic heterocycles. The Morgan fingerprint density at radius 2 is 1.89 bits per heavy atom. The zero-order valence-electron chi connectivity index (χ0n) is 20.5. The molecule has 38 heavy (non-hydrogen) atoms. The summed E-state index contributed by atoms with van der Waals surface area (Å²) in [5.74, 6) is -0.198. The average molecular weight is 543 g/mol. The van der Waals surface area contributed by atoms with E-state index in [9.17, 15) is 20.2 Å². The van der Waals surface area contributed by atoms with Gasteiger partial charge in [0.25, 0.3) is 11.6 Å². The SMILES string of the molecule is CCNc1ccc(C#N)cc1/N=C1/S/C(=C2\Sc3cc([N+](=O)[O-])ccc3N2C)C(=O)N1Cc1ccccc1. The number of non-ortho nitro benzene ring substituents is 1. The van der Waals surface area contributed by atoms with Crippen LogP contribution < -0.4 is 10.2 Å². The van der Waals surface area contributed by atoms with Crippen LogP contribution in [0.1, 0.15) is 18.1 Å². The fraction of sp³-hybridized carbons (Fsp3) is 0.148. The van der Waals surface area contributed by atoms with E-state index in [4.69, 9.17) is 4.99 Å². The molecule has 3 aromatic carbocycles. The average Bonchev–Trinajstić information content (AvgIpc) is 3.41. The largest absolute Gasteiger partial charge is 0.384 e. The van der Waals surface area contributed by atoms with Gasteiger partial charge in [-0.05, 0) is 48.5 Å². The number of rotatable bonds is 6. The van der Waals surface area contributed by atoms with Crippen LogP contribution in [0.2, 0.25) is 0 Å². The Hall–Kier alpha value is -4.27. The van der Waals surface area contributed by atoms with Gasteiger partial charge in [0.2, 0.25) is 0 Å². The Kier molecular flexibility index (Phi) is 7.09. The summed E-state index contributed by atoms with van der Waals surface area (Å²) < 4.78 is 0. The number of aliphatic imine (C=N–C) groups is 1. The molecule has 2 aliphatic heterocycles. The normalized spacial score (nSPS) is 17.6. The lowest BCUT2D eigenvalue weighted by Crippen LogP contribution is -2.29. The molecule has 0 atom stereocenters. The van der Waals surface area contributed by atoms with Crippen LogP contribution >= 0.6 is 23.5 Å². The minimum Gasteiger partial charge on any atom is -0.384 e. The lowest BCUT2D eigenvalue weighted by Gasteiger charge is -2.17. The standard InChI is InChI=1S/C27H22N6O3S2/c1-3-29-20-11-9-18(15-28)13-21(20)30-27-32(16-17-7-5-4-6-8-17)25(34)24(38-27)26-31(2)22-12-10-19(33(35)36)14-23(22)37-26/h4-14,29H,3,16H2,1-2H3/b26-24-,30-27+. The Morgan fingerprint density at radius 3 is 2.61 bits per heavy atom. The number of nitrogens with zero attached hydrogens (tertiary/aromatic N) is 5. The number of nitrogens with one attached hydrogen (secondary N) is 1. The quantitative estimate of drug-likeness (QED) is 0.227. The van der Waals surface area contributed by atoms with Gasteiger partial charge in [-0.1, -0.05) is 42.1 Å². The van der Waals surface area contributed by atoms with Crippen molar-refractivity contribution in [3.8, 4) is 6.07 Å². The predicted octanol–water partition coefficient (Wildman–Crippen LogP) is 6.07. The van der Waals surface area contributed by atoms with E-state index < -0.39 is 4.92 Å². The molecular weight excluding hydrogens is 520 g/mol. The molecule has 1 N–H and O–H groups in total. The third-order valence-corrected chi connectivity index (χ3v) is 8.39. The van der Waals surface area contributed by atoms with Gasteiger partial charge < -0.3 is 10.2 Å². The van der Waals surface area contributed by atoms with E-state index in [2.05, 4.69) is 11.4 Å². The number of anilines is 2. The fourth-order valence-electron chi connectivity index (χ4n) is 4.12. The van der Waals surface area contributed by atoms with Crippen molar-refractivity contribution in [3.05, 3.63) is 97.9 Å². The summed E-state index contributed by atoms with van der Waals surface area (Å²) in [6, 6.07) is 21.7. The van der Waals surface area contributed by atoms with Gasteiger partial charge >= 0.3 is 0 Å². The summed E-state index contributed by atoms with van der Waals surface area (Å²) >= 11 is 2.60. The first-order valence-corrected chi connectivity index (χ1v) is 13.4. The molecule has 5 rings (SSSR count). The highest BCUT2D eigenvalue weighted by atomic mass is 32.2. The molecule has 9 nitrogen and oxygen atoms in total. The smallest absolute Gasteiger partial charge is 0.270 e. The van der Waals surface area contributed by atoms with E-state index in [1.54, 1.807) is 23.1 Å². The highest BCUT2D eigenvalue weighted by molar-refractivity contribution is 8.19. The lowest BCUT2D eigenvalue weighted by molar-refractivity contribution is -0.385. The molecule has 0 unspecified atom stereocenters. The third-order valence-electron chi connectivity index (χ3n) is 5.98. The van der Waals surface area contributed by atoms with Gasteiger partial charge in [-0.15, -0.1) is 0 Å². The molecule has 1 amide bonds. The van der Waals surface area contributed by atoms with Crippen LogP contribution in [0.15, 0.2) is 86.6 Å². The second-order valence-electron chi connectivity index (χ2n) is 8.45. The first kappa shape index (κ1) is 25.4. The Labute approximate surface area is 228 Å². The van der Waals surface area contributed by atoms with E-state index >= 15 is 0 Å². The van der Waals surface area contributed by atoms with Crippen LogP contribution in [-0.4, -0.2) is 34.5 Å². The number of benzene rings is 3. The molecule has 1 fully saturated rings. The second kappa shape index (κ2) is 10.6. The third kappa shape index (κ3) is 4.83. The van der Waals surface area contributed by atoms with Crippen molar-refractivity contribution in [1.29, 1.82) is 5.26 Å². The zero-order chi connectivity index (χ0) is 26.8. The molecule has 0 bridgehead atoms. The highest BCUT2D eigenvalue weighted by Gasteiger charge is 2.39. The van der Waals surface area contributed by atoms with Gasteiger partial charge in [0.05, 0.1) is 45.2 Å². The number of amides is 1. The van der Waals surface area contributed by atoms with Crippen molar-refractivity contribution < 1.29 is 9.72 Å². The van der Waals surface area contributed by atoms with Crippen molar-refractivity contribution in [2.24, 2.45) is 4.99 Å². The van der Waals surface area contributed by atoms with E-state index in [0.29, 0.717) is 44.3 Å². The number of hydrogen-bond donors (Lipinski definition) is 1. The Morgan fingerprint density at radius 1 is 1.11 bits per heavy atom. The topological polar surface area (TPSA) is 115 Å². The molecule has 3 aromatic rings. The van der Waals surface area contributed by atoms with Crippen molar-refractivity contribution in [3.63, 3.8) is 0 Å². The van der Waals surface area contributed by atoms with Crippen LogP contribution in [0, 0.1) is 21.4 Å². The van der Waals surface area contributed by atoms with E-state index in [1.165, 1.54) is 35.7 Å². The summed E-state index contributed by atoms with van der Waals surface area (Å²) in [4.78, 5) is 34.3. The van der Waals surface area contributed by atoms with Crippen molar-refractivity contribution in [2.45, 2.75) is 18.4 Å². The first-order valence-electron chi connectivity index (χ1n) is 11.7. The van der Waals surface area contributed by atoms with Gasteiger partial charge in [0.1, 0.15) is 4.91 Å². The van der Waals surface area contributed by atoms with Gasteiger partial charge in [-0.2, -0.15) is 5.26 Å². The monoisotopic (exact) mass is 542 g/mol. The van der Waals surface area contributed by atoms with Crippen LogP contribution in [-0.2, 0) is 11.3 Å². The fourth-order valence-corrected chi connectivity index (χ4v) is 6.48. The van der Waals surface area contributed by atoms with Gasteiger partial charge in [-0.3, -0.25) is 19.8 Å². The van der Waals surface area contributed by atoms with Crippen LogP contribution in [0.5, 0.6) is 0 Å². The Balaban J connectivity index is 1.59. The Bertz CT molecular complexity index is 1550. The summed E-state index contributed by atoms with van der Waals surface area (Å²) in [6.07, 6.45) is 0. The number of nitro benzene ring substituents is 1. The van der Waals surface area contributed by atoms with Gasteiger partial charge in [0.15, 0.2) is 5.17 Å². The predicted molar refractivity (Wildman–Crippen MR) is 151 cm³/mol. The summed E-state index contributed by atoms with van der Waals surface area (Å²) in [6.45, 7) is 2.97. The summed E-state index contributed by atoms with van der Waals surface area (Å²) in [5.41, 5.74) is 3.55. The maximum absolute atomic E-state index is 13.9. The van der Waals surface area contributed by atoms with E-state index in [1.807, 2.05) is 55.3 Å². The van der Waals surface area contributed by atoms with E-state index in [-0.39, 0.29) is 11.6 Å². The van der Waals surface area contributed by atoms with Crippen molar-refractivity contribution >= 4 is 57.3 Å². The molecular formula is C27H22N6O3S2. The second-order valence-corrected chi connectivity index (χ2v) is 10.5. The van der Waals surface area contributed by atoms with Gasteiger partial charge in [-0.25, -0.2) is 4.99 Å². The number of hydrogen-bond acceptors (Lipinski definition) is 9. The van der Waals surface area contributed by atoms with Gasteiger partial charge in [0, 0.05) is 30.6 Å². The number of carbonyl (C=O) groups is 1. The maximum Gasteiger partial charge on any atom is 0.270 e. The number of amidine groups is 1. The molecule has 11 heteroatoms. The molecule has 0 radical (unpaired) electrons. The van der Waals surface area contributed by atoms with Crippen molar-refractivity contribution in [2.75, 3.05) is 23.8 Å². The minimum absolute atomic E-state index is 0.00239. The van der Waals surface area contributed by atoms with Crippen LogP contribution in [0.4, 0.5) is 22.7 Å². The number of fused-ring (bicyclic) bond motifs is 1. The number of nitriles is 1.